The molecule has 1 aromatic heterocycles. The molecule has 100 valence electrons. The SMILES string of the molecule is CCc1nc(CS(=O)(=O)CC)sc1/C=C/C(=O)O. The number of aryl methyl sites for hydroxylation is 1. The summed E-state index contributed by atoms with van der Waals surface area (Å²) in [5.41, 5.74) is 0.735. The number of carbonyl (C=O) groups is 1. The van der Waals surface area contributed by atoms with E-state index in [9.17, 15) is 13.2 Å². The number of aromatic nitrogens is 1. The van der Waals surface area contributed by atoms with Crippen LogP contribution in [0.5, 0.6) is 0 Å². The van der Waals surface area contributed by atoms with Gasteiger partial charge < -0.3 is 5.11 Å². The average molecular weight is 289 g/mol. The molecule has 5 nitrogen and oxygen atoms in total. The van der Waals surface area contributed by atoms with Crippen molar-refractivity contribution in [3.63, 3.8) is 0 Å². The third-order valence-electron chi connectivity index (χ3n) is 2.27. The molecule has 0 aromatic carbocycles. The molecular formula is C11H15NO4S2. The first-order valence-corrected chi connectivity index (χ1v) is 8.11. The summed E-state index contributed by atoms with van der Waals surface area (Å²) in [6.07, 6.45) is 3.13. The van der Waals surface area contributed by atoms with Crippen molar-refractivity contribution in [3.8, 4) is 0 Å². The van der Waals surface area contributed by atoms with Gasteiger partial charge in [0.05, 0.1) is 10.6 Å². The van der Waals surface area contributed by atoms with E-state index >= 15 is 0 Å². The normalized spacial score (nSPS) is 12.1. The molecule has 0 aliphatic rings. The molecule has 0 fully saturated rings. The number of rotatable bonds is 6. The molecule has 18 heavy (non-hydrogen) atoms. The molecule has 0 unspecified atom stereocenters. The maximum atomic E-state index is 11.5. The lowest BCUT2D eigenvalue weighted by molar-refractivity contribution is -0.131. The van der Waals surface area contributed by atoms with Gasteiger partial charge in [-0.2, -0.15) is 0 Å². The van der Waals surface area contributed by atoms with E-state index in [0.717, 1.165) is 11.8 Å². The zero-order chi connectivity index (χ0) is 13.8. The van der Waals surface area contributed by atoms with Crippen LogP contribution in [0.4, 0.5) is 0 Å². The molecule has 0 saturated heterocycles. The number of nitrogens with zero attached hydrogens (tertiary/aromatic N) is 1. The van der Waals surface area contributed by atoms with Crippen LogP contribution in [0.1, 0.15) is 29.4 Å². The Morgan fingerprint density at radius 1 is 1.44 bits per heavy atom. The number of sulfone groups is 1. The van der Waals surface area contributed by atoms with Crippen molar-refractivity contribution in [1.29, 1.82) is 0 Å². The molecule has 0 aliphatic carbocycles. The maximum Gasteiger partial charge on any atom is 0.328 e. The highest BCUT2D eigenvalue weighted by atomic mass is 32.2. The molecule has 7 heteroatoms. The van der Waals surface area contributed by atoms with Crippen LogP contribution >= 0.6 is 11.3 Å². The lowest BCUT2D eigenvalue weighted by Crippen LogP contribution is -2.06. The van der Waals surface area contributed by atoms with Gasteiger partial charge in [-0.05, 0) is 12.5 Å². The minimum Gasteiger partial charge on any atom is -0.478 e. The third kappa shape index (κ3) is 4.23. The number of hydrogen-bond donors (Lipinski definition) is 1. The van der Waals surface area contributed by atoms with Crippen LogP contribution in [0.2, 0.25) is 0 Å². The quantitative estimate of drug-likeness (QED) is 0.806. The predicted molar refractivity (Wildman–Crippen MR) is 71.3 cm³/mol. The van der Waals surface area contributed by atoms with Crippen molar-refractivity contribution >= 4 is 33.2 Å². The highest BCUT2D eigenvalue weighted by molar-refractivity contribution is 7.90. The largest absolute Gasteiger partial charge is 0.478 e. The van der Waals surface area contributed by atoms with Crippen molar-refractivity contribution in [2.45, 2.75) is 26.0 Å². The number of carboxylic acid groups (broad SMARTS) is 1. The molecule has 0 aliphatic heterocycles. The van der Waals surface area contributed by atoms with Crippen LogP contribution in [0.15, 0.2) is 6.08 Å². The summed E-state index contributed by atoms with van der Waals surface area (Å²) in [5.74, 6) is -1.04. The van der Waals surface area contributed by atoms with Gasteiger partial charge in [-0.25, -0.2) is 18.2 Å². The Bertz CT molecular complexity index is 558. The fourth-order valence-electron chi connectivity index (χ4n) is 1.30. The van der Waals surface area contributed by atoms with Gasteiger partial charge in [-0.15, -0.1) is 11.3 Å². The summed E-state index contributed by atoms with van der Waals surface area (Å²) in [6, 6.07) is 0. The highest BCUT2D eigenvalue weighted by Gasteiger charge is 2.14. The Kier molecular flexibility index (Phi) is 5.03. The minimum absolute atomic E-state index is 0.0777. The fourth-order valence-corrected chi connectivity index (χ4v) is 3.57. The smallest absolute Gasteiger partial charge is 0.328 e. The molecule has 0 amide bonds. The number of thiazole rings is 1. The molecule has 0 saturated carbocycles. The zero-order valence-corrected chi connectivity index (χ0v) is 11.8. The first-order chi connectivity index (χ1) is 8.38. The van der Waals surface area contributed by atoms with E-state index in [1.54, 1.807) is 6.92 Å². The summed E-state index contributed by atoms with van der Waals surface area (Å²) in [6.45, 7) is 3.49. The maximum absolute atomic E-state index is 11.5. The lowest BCUT2D eigenvalue weighted by Gasteiger charge is -1.95. The van der Waals surface area contributed by atoms with E-state index < -0.39 is 15.8 Å². The molecule has 1 N–H and O–H groups in total. The second-order valence-corrected chi connectivity index (χ2v) is 7.09. The number of aliphatic carboxylic acids is 1. The van der Waals surface area contributed by atoms with Crippen molar-refractivity contribution < 1.29 is 18.3 Å². The lowest BCUT2D eigenvalue weighted by atomic mass is 10.3. The van der Waals surface area contributed by atoms with Gasteiger partial charge >= 0.3 is 5.97 Å². The van der Waals surface area contributed by atoms with Crippen molar-refractivity contribution in [1.82, 2.24) is 4.98 Å². The van der Waals surface area contributed by atoms with Crippen molar-refractivity contribution in [2.24, 2.45) is 0 Å². The second kappa shape index (κ2) is 6.10. The van der Waals surface area contributed by atoms with Crippen LogP contribution < -0.4 is 0 Å². The van der Waals surface area contributed by atoms with Crippen molar-refractivity contribution in [2.75, 3.05) is 5.75 Å². The standard InChI is InChI=1S/C11H15NO4S2/c1-3-8-9(5-6-11(13)14)17-10(12-8)7-18(15,16)4-2/h5-6H,3-4,7H2,1-2H3,(H,13,14)/b6-5+. The number of carboxylic acids is 1. The van der Waals surface area contributed by atoms with E-state index in [-0.39, 0.29) is 11.5 Å². The molecule has 0 radical (unpaired) electrons. The van der Waals surface area contributed by atoms with Gasteiger partial charge in [0.15, 0.2) is 9.84 Å². The summed E-state index contributed by atoms with van der Waals surface area (Å²) < 4.78 is 23.0. The van der Waals surface area contributed by atoms with E-state index in [1.165, 1.54) is 17.4 Å². The van der Waals surface area contributed by atoms with Crippen LogP contribution in [0.3, 0.4) is 0 Å². The highest BCUT2D eigenvalue weighted by Crippen LogP contribution is 2.22. The Hall–Kier alpha value is -1.21. The molecule has 1 heterocycles. The Morgan fingerprint density at radius 3 is 2.61 bits per heavy atom. The van der Waals surface area contributed by atoms with Crippen LogP contribution in [-0.4, -0.2) is 30.2 Å². The summed E-state index contributed by atoms with van der Waals surface area (Å²) in [5, 5.41) is 9.08. The predicted octanol–water partition coefficient (Wildman–Crippen LogP) is 1.74. The van der Waals surface area contributed by atoms with E-state index in [1.807, 2.05) is 6.92 Å². The summed E-state index contributed by atoms with van der Waals surface area (Å²) >= 11 is 1.23. The molecule has 1 aromatic rings. The fraction of sp³-hybridized carbons (Fsp3) is 0.455. The Labute approximate surface area is 110 Å². The van der Waals surface area contributed by atoms with Crippen LogP contribution in [-0.2, 0) is 26.8 Å². The molecule has 1 rings (SSSR count). The first kappa shape index (κ1) is 14.8. The van der Waals surface area contributed by atoms with Gasteiger partial charge in [-0.1, -0.05) is 13.8 Å². The number of hydrogen-bond acceptors (Lipinski definition) is 5. The minimum atomic E-state index is -3.11. The average Bonchev–Trinajstić information content (AvgIpc) is 2.67. The molecule has 0 bridgehead atoms. The summed E-state index contributed by atoms with van der Waals surface area (Å²) in [7, 11) is -3.11. The second-order valence-electron chi connectivity index (χ2n) is 3.62. The third-order valence-corrected chi connectivity index (χ3v) is 5.11. The monoisotopic (exact) mass is 289 g/mol. The Balaban J connectivity index is 3.01. The van der Waals surface area contributed by atoms with E-state index in [2.05, 4.69) is 4.98 Å². The molecular weight excluding hydrogens is 274 g/mol. The first-order valence-electron chi connectivity index (χ1n) is 5.48. The Morgan fingerprint density at radius 2 is 2.11 bits per heavy atom. The van der Waals surface area contributed by atoms with Crippen LogP contribution in [0, 0.1) is 0 Å². The van der Waals surface area contributed by atoms with Crippen LogP contribution in [0.25, 0.3) is 6.08 Å². The van der Waals surface area contributed by atoms with Crippen molar-refractivity contribution in [3.05, 3.63) is 21.7 Å². The van der Waals surface area contributed by atoms with Gasteiger partial charge in [0, 0.05) is 11.8 Å². The van der Waals surface area contributed by atoms with Gasteiger partial charge in [0.25, 0.3) is 0 Å². The van der Waals surface area contributed by atoms with Gasteiger partial charge in [-0.3, -0.25) is 0 Å². The summed E-state index contributed by atoms with van der Waals surface area (Å²) in [4.78, 5) is 15.4. The van der Waals surface area contributed by atoms with E-state index in [0.29, 0.717) is 16.3 Å². The topological polar surface area (TPSA) is 84.3 Å². The van der Waals surface area contributed by atoms with Gasteiger partial charge in [0.1, 0.15) is 10.8 Å². The molecule has 0 atom stereocenters. The van der Waals surface area contributed by atoms with E-state index in [4.69, 9.17) is 5.11 Å². The zero-order valence-electron chi connectivity index (χ0n) is 10.2. The van der Waals surface area contributed by atoms with Gasteiger partial charge in [0.2, 0.25) is 0 Å². The molecule has 0 spiro atoms.